The second kappa shape index (κ2) is 5.68. The van der Waals surface area contributed by atoms with Crippen molar-refractivity contribution in [3.8, 4) is 0 Å². The zero-order chi connectivity index (χ0) is 15.0. The van der Waals surface area contributed by atoms with E-state index in [0.717, 1.165) is 36.1 Å². The lowest BCUT2D eigenvalue weighted by Crippen LogP contribution is -2.23. The van der Waals surface area contributed by atoms with Gasteiger partial charge in [0, 0.05) is 37.2 Å². The van der Waals surface area contributed by atoms with Crippen LogP contribution in [-0.2, 0) is 26.4 Å². The summed E-state index contributed by atoms with van der Waals surface area (Å²) in [6, 6.07) is 2.01. The molecule has 2 aromatic heterocycles. The third-order valence-corrected chi connectivity index (χ3v) is 4.32. The highest BCUT2D eigenvalue weighted by Crippen LogP contribution is 2.28. The van der Waals surface area contributed by atoms with Gasteiger partial charge in [-0.2, -0.15) is 0 Å². The molecule has 0 aliphatic heterocycles. The van der Waals surface area contributed by atoms with Gasteiger partial charge in [-0.3, -0.25) is 0 Å². The molecule has 0 aromatic carbocycles. The summed E-state index contributed by atoms with van der Waals surface area (Å²) in [5, 5.41) is 0.779. The molecular weight excluding hydrogens is 284 g/mol. The van der Waals surface area contributed by atoms with Crippen LogP contribution in [0.25, 0.3) is 0 Å². The van der Waals surface area contributed by atoms with Crippen molar-refractivity contribution >= 4 is 17.4 Å². The smallest absolute Gasteiger partial charge is 0.135 e. The molecule has 4 nitrogen and oxygen atoms in total. The first-order chi connectivity index (χ1) is 10.0. The molecule has 0 bridgehead atoms. The van der Waals surface area contributed by atoms with Crippen molar-refractivity contribution in [3.05, 3.63) is 40.1 Å². The van der Waals surface area contributed by atoms with E-state index in [1.165, 1.54) is 29.8 Å². The molecule has 0 fully saturated rings. The second-order valence-electron chi connectivity index (χ2n) is 5.84. The van der Waals surface area contributed by atoms with E-state index in [-0.39, 0.29) is 0 Å². The number of fused-ring (bicyclic) bond motifs is 1. The summed E-state index contributed by atoms with van der Waals surface area (Å²) in [6.45, 7) is 2.78. The topological polar surface area (TPSA) is 34.0 Å². The van der Waals surface area contributed by atoms with Crippen LogP contribution in [0.5, 0.6) is 0 Å². The summed E-state index contributed by atoms with van der Waals surface area (Å²) >= 11 is 6.07. The summed E-state index contributed by atoms with van der Waals surface area (Å²) < 4.78 is 2.07. The molecule has 0 N–H and O–H groups in total. The third-order valence-electron chi connectivity index (χ3n) is 4.11. The van der Waals surface area contributed by atoms with Crippen LogP contribution in [0.15, 0.2) is 12.3 Å². The van der Waals surface area contributed by atoms with Crippen LogP contribution in [0.1, 0.15) is 35.6 Å². The van der Waals surface area contributed by atoms with Crippen molar-refractivity contribution in [1.29, 1.82) is 0 Å². The first-order valence-electron chi connectivity index (χ1n) is 7.43. The molecule has 0 unspecified atom stereocenters. The molecule has 112 valence electrons. The molecule has 1 aliphatic rings. The first kappa shape index (κ1) is 14.4. The van der Waals surface area contributed by atoms with Gasteiger partial charge in [0.1, 0.15) is 11.6 Å². The average molecular weight is 305 g/mol. The van der Waals surface area contributed by atoms with Gasteiger partial charge in [-0.05, 0) is 38.7 Å². The first-order valence-corrected chi connectivity index (χ1v) is 7.80. The van der Waals surface area contributed by atoms with Crippen LogP contribution in [0.4, 0.5) is 5.82 Å². The summed E-state index contributed by atoms with van der Waals surface area (Å²) in [6.07, 6.45) is 6.57. The molecule has 3 rings (SSSR count). The van der Waals surface area contributed by atoms with Gasteiger partial charge in [-0.15, -0.1) is 0 Å². The van der Waals surface area contributed by atoms with Crippen LogP contribution in [0.2, 0.25) is 5.02 Å². The molecule has 2 heterocycles. The predicted molar refractivity (Wildman–Crippen MR) is 85.9 cm³/mol. The maximum atomic E-state index is 6.07. The largest absolute Gasteiger partial charge is 0.354 e. The van der Waals surface area contributed by atoms with Gasteiger partial charge in [-0.25, -0.2) is 9.97 Å². The fourth-order valence-electron chi connectivity index (χ4n) is 3.05. The maximum absolute atomic E-state index is 6.07. The van der Waals surface area contributed by atoms with E-state index < -0.39 is 0 Å². The Morgan fingerprint density at radius 2 is 2.05 bits per heavy atom. The van der Waals surface area contributed by atoms with E-state index in [2.05, 4.69) is 21.5 Å². The molecule has 5 heteroatoms. The Balaban J connectivity index is 1.92. The predicted octanol–water partition coefficient (Wildman–Crippen LogP) is 3.29. The summed E-state index contributed by atoms with van der Waals surface area (Å²) in [5.74, 6) is 1.94. The number of aryl methyl sites for hydroxylation is 3. The van der Waals surface area contributed by atoms with Crippen LogP contribution in [-0.4, -0.2) is 21.6 Å². The van der Waals surface area contributed by atoms with E-state index in [4.69, 9.17) is 16.6 Å². The zero-order valence-electron chi connectivity index (χ0n) is 12.9. The maximum Gasteiger partial charge on any atom is 0.135 e. The summed E-state index contributed by atoms with van der Waals surface area (Å²) in [7, 11) is 4.12. The minimum absolute atomic E-state index is 0.779. The van der Waals surface area contributed by atoms with Gasteiger partial charge < -0.3 is 9.47 Å². The highest BCUT2D eigenvalue weighted by molar-refractivity contribution is 6.30. The minimum Gasteiger partial charge on any atom is -0.354 e. The van der Waals surface area contributed by atoms with Crippen molar-refractivity contribution < 1.29 is 0 Å². The fourth-order valence-corrected chi connectivity index (χ4v) is 3.32. The van der Waals surface area contributed by atoms with Crippen molar-refractivity contribution in [1.82, 2.24) is 14.5 Å². The van der Waals surface area contributed by atoms with Crippen LogP contribution in [0.3, 0.4) is 0 Å². The average Bonchev–Trinajstić information content (AvgIpc) is 2.75. The minimum atomic E-state index is 0.779. The summed E-state index contributed by atoms with van der Waals surface area (Å²) in [4.78, 5) is 11.5. The van der Waals surface area contributed by atoms with Gasteiger partial charge in [-0.1, -0.05) is 11.6 Å². The number of nitrogens with zero attached hydrogens (tertiary/aromatic N) is 4. The van der Waals surface area contributed by atoms with E-state index in [0.29, 0.717) is 0 Å². The Hall–Kier alpha value is -1.55. The Labute approximate surface area is 130 Å². The number of anilines is 1. The van der Waals surface area contributed by atoms with Gasteiger partial charge in [0.15, 0.2) is 0 Å². The Bertz CT molecular complexity index is 663. The number of rotatable bonds is 3. The highest BCUT2D eigenvalue weighted by Gasteiger charge is 2.19. The quantitative estimate of drug-likeness (QED) is 0.872. The van der Waals surface area contributed by atoms with E-state index in [1.54, 1.807) is 0 Å². The van der Waals surface area contributed by atoms with Crippen molar-refractivity contribution in [2.24, 2.45) is 7.05 Å². The molecular formula is C16H21ClN4. The molecule has 0 atom stereocenters. The SMILES string of the molecule is Cc1nc2c(c(N(C)Cc3cc(Cl)cn3C)n1)CCCC2. The fraction of sp³-hybridized carbons (Fsp3) is 0.500. The Morgan fingerprint density at radius 3 is 2.76 bits per heavy atom. The van der Waals surface area contributed by atoms with Crippen molar-refractivity contribution in [2.75, 3.05) is 11.9 Å². The number of hydrogen-bond donors (Lipinski definition) is 0. The normalized spacial score (nSPS) is 14.1. The molecule has 0 saturated heterocycles. The molecule has 0 amide bonds. The molecule has 0 saturated carbocycles. The highest BCUT2D eigenvalue weighted by atomic mass is 35.5. The molecule has 1 aliphatic carbocycles. The zero-order valence-corrected chi connectivity index (χ0v) is 13.6. The van der Waals surface area contributed by atoms with Crippen LogP contribution >= 0.6 is 11.6 Å². The second-order valence-corrected chi connectivity index (χ2v) is 6.28. The van der Waals surface area contributed by atoms with E-state index >= 15 is 0 Å². The standard InChI is InChI=1S/C16H21ClN4/c1-11-18-15-7-5-4-6-14(15)16(19-11)21(3)10-13-8-12(17)9-20(13)2/h8-9H,4-7,10H2,1-3H3. The number of aromatic nitrogens is 3. The van der Waals surface area contributed by atoms with E-state index in [1.807, 2.05) is 26.2 Å². The molecule has 0 radical (unpaired) electrons. The Morgan fingerprint density at radius 1 is 1.29 bits per heavy atom. The lowest BCUT2D eigenvalue weighted by Gasteiger charge is -2.25. The van der Waals surface area contributed by atoms with Crippen LogP contribution < -0.4 is 4.90 Å². The molecule has 21 heavy (non-hydrogen) atoms. The number of halogens is 1. The van der Waals surface area contributed by atoms with Crippen molar-refractivity contribution in [2.45, 2.75) is 39.2 Å². The van der Waals surface area contributed by atoms with Gasteiger partial charge in [0.05, 0.1) is 11.6 Å². The monoisotopic (exact) mass is 304 g/mol. The van der Waals surface area contributed by atoms with Gasteiger partial charge in [0.2, 0.25) is 0 Å². The lowest BCUT2D eigenvalue weighted by molar-refractivity contribution is 0.652. The summed E-state index contributed by atoms with van der Waals surface area (Å²) in [5.41, 5.74) is 3.75. The van der Waals surface area contributed by atoms with Crippen molar-refractivity contribution in [3.63, 3.8) is 0 Å². The van der Waals surface area contributed by atoms with Crippen LogP contribution in [0, 0.1) is 6.92 Å². The van der Waals surface area contributed by atoms with Gasteiger partial charge in [0.25, 0.3) is 0 Å². The number of hydrogen-bond acceptors (Lipinski definition) is 3. The van der Waals surface area contributed by atoms with Gasteiger partial charge >= 0.3 is 0 Å². The lowest BCUT2D eigenvalue weighted by atomic mass is 9.96. The van der Waals surface area contributed by atoms with E-state index in [9.17, 15) is 0 Å². The molecule has 2 aromatic rings. The Kier molecular flexibility index (Phi) is 3.89. The third kappa shape index (κ3) is 2.91. The molecule has 0 spiro atoms.